The first-order valence-electron chi connectivity index (χ1n) is 6.70. The highest BCUT2D eigenvalue weighted by Gasteiger charge is 2.20. The maximum absolute atomic E-state index is 12.0. The van der Waals surface area contributed by atoms with Gasteiger partial charge in [0.1, 0.15) is 0 Å². The smallest absolute Gasteiger partial charge is 0.335 e. The van der Waals surface area contributed by atoms with Gasteiger partial charge in [0.05, 0.1) is 5.56 Å². The number of carboxylic acids is 1. The minimum Gasteiger partial charge on any atom is -0.478 e. The summed E-state index contributed by atoms with van der Waals surface area (Å²) >= 11 is 0. The van der Waals surface area contributed by atoms with E-state index in [9.17, 15) is 9.59 Å². The van der Waals surface area contributed by atoms with E-state index in [0.29, 0.717) is 5.56 Å². The third-order valence-electron chi connectivity index (χ3n) is 3.75. The van der Waals surface area contributed by atoms with Gasteiger partial charge in [-0.2, -0.15) is 0 Å². The lowest BCUT2D eigenvalue weighted by Crippen LogP contribution is -2.37. The van der Waals surface area contributed by atoms with Gasteiger partial charge in [-0.1, -0.05) is 6.92 Å². The van der Waals surface area contributed by atoms with Crippen LogP contribution >= 0.6 is 0 Å². The minimum absolute atomic E-state index is 0.114. The van der Waals surface area contributed by atoms with Gasteiger partial charge in [-0.15, -0.1) is 0 Å². The van der Waals surface area contributed by atoms with E-state index in [1.165, 1.54) is 12.1 Å². The van der Waals surface area contributed by atoms with Crippen LogP contribution in [0.1, 0.15) is 53.3 Å². The Morgan fingerprint density at radius 2 is 1.58 bits per heavy atom. The summed E-state index contributed by atoms with van der Waals surface area (Å²) in [6.07, 6.45) is 4.37. The van der Waals surface area contributed by atoms with E-state index in [-0.39, 0.29) is 17.5 Å². The Kier molecular flexibility index (Phi) is 4.20. The van der Waals surface area contributed by atoms with Crippen LogP contribution < -0.4 is 5.32 Å². The average Bonchev–Trinajstić information content (AvgIpc) is 2.41. The number of carbonyl (C=O) groups is 2. The predicted octanol–water partition coefficient (Wildman–Crippen LogP) is 2.69. The van der Waals surface area contributed by atoms with Crippen molar-refractivity contribution in [3.63, 3.8) is 0 Å². The third kappa shape index (κ3) is 3.56. The van der Waals surface area contributed by atoms with E-state index in [4.69, 9.17) is 5.11 Å². The van der Waals surface area contributed by atoms with Crippen molar-refractivity contribution in [3.8, 4) is 0 Å². The molecule has 0 bridgehead atoms. The summed E-state index contributed by atoms with van der Waals surface area (Å²) in [5.74, 6) is -0.340. The lowest BCUT2D eigenvalue weighted by Gasteiger charge is -2.26. The zero-order chi connectivity index (χ0) is 13.8. The normalized spacial score (nSPS) is 22.8. The molecule has 0 atom stereocenters. The van der Waals surface area contributed by atoms with Gasteiger partial charge in [-0.25, -0.2) is 4.79 Å². The van der Waals surface area contributed by atoms with Crippen molar-refractivity contribution in [2.45, 2.75) is 38.6 Å². The molecule has 102 valence electrons. The first-order chi connectivity index (χ1) is 9.06. The lowest BCUT2D eigenvalue weighted by atomic mass is 9.87. The standard InChI is InChI=1S/C15H19NO3/c1-10-2-8-13(9-3-10)16-14(17)11-4-6-12(7-5-11)15(18)19/h4-7,10,13H,2-3,8-9H2,1H3,(H,16,17)(H,18,19). The second-order valence-electron chi connectivity index (χ2n) is 5.31. The summed E-state index contributed by atoms with van der Waals surface area (Å²) < 4.78 is 0. The number of benzene rings is 1. The lowest BCUT2D eigenvalue weighted by molar-refractivity contribution is 0.0696. The van der Waals surface area contributed by atoms with E-state index in [0.717, 1.165) is 31.6 Å². The Labute approximate surface area is 112 Å². The second-order valence-corrected chi connectivity index (χ2v) is 5.31. The molecule has 1 aromatic rings. The van der Waals surface area contributed by atoms with Gasteiger partial charge < -0.3 is 10.4 Å². The molecule has 0 aliphatic heterocycles. The molecule has 0 spiro atoms. The van der Waals surface area contributed by atoms with E-state index in [1.807, 2.05) is 0 Å². The molecule has 1 aliphatic carbocycles. The molecule has 2 N–H and O–H groups in total. The van der Waals surface area contributed by atoms with Crippen LogP contribution in [0.3, 0.4) is 0 Å². The van der Waals surface area contributed by atoms with Gasteiger partial charge in [-0.3, -0.25) is 4.79 Å². The van der Waals surface area contributed by atoms with Crippen molar-refractivity contribution < 1.29 is 14.7 Å². The van der Waals surface area contributed by atoms with Gasteiger partial charge in [0.2, 0.25) is 0 Å². The Bertz CT molecular complexity index is 459. The van der Waals surface area contributed by atoms with Gasteiger partial charge in [-0.05, 0) is 55.9 Å². The SMILES string of the molecule is CC1CCC(NC(=O)c2ccc(C(=O)O)cc2)CC1. The first kappa shape index (κ1) is 13.6. The van der Waals surface area contributed by atoms with Crippen molar-refractivity contribution in [1.29, 1.82) is 0 Å². The Hall–Kier alpha value is -1.84. The van der Waals surface area contributed by atoms with Crippen molar-refractivity contribution in [2.24, 2.45) is 5.92 Å². The van der Waals surface area contributed by atoms with E-state index >= 15 is 0 Å². The highest BCUT2D eigenvalue weighted by molar-refractivity contribution is 5.96. The monoisotopic (exact) mass is 261 g/mol. The van der Waals surface area contributed by atoms with Crippen LogP contribution in [0.4, 0.5) is 0 Å². The third-order valence-corrected chi connectivity index (χ3v) is 3.75. The molecule has 0 aromatic heterocycles. The maximum atomic E-state index is 12.0. The molecule has 19 heavy (non-hydrogen) atoms. The summed E-state index contributed by atoms with van der Waals surface area (Å²) in [4.78, 5) is 22.7. The second kappa shape index (κ2) is 5.87. The molecule has 4 nitrogen and oxygen atoms in total. The minimum atomic E-state index is -0.978. The van der Waals surface area contributed by atoms with Crippen LogP contribution in [-0.4, -0.2) is 23.0 Å². The average molecular weight is 261 g/mol. The number of rotatable bonds is 3. The zero-order valence-electron chi connectivity index (χ0n) is 11.1. The molecule has 0 heterocycles. The number of carboxylic acid groups (broad SMARTS) is 1. The summed E-state index contributed by atoms with van der Waals surface area (Å²) in [5.41, 5.74) is 0.715. The van der Waals surface area contributed by atoms with Crippen LogP contribution in [0, 0.1) is 5.92 Å². The van der Waals surface area contributed by atoms with E-state index in [2.05, 4.69) is 12.2 Å². The van der Waals surface area contributed by atoms with Crippen LogP contribution in [-0.2, 0) is 0 Å². The summed E-state index contributed by atoms with van der Waals surface area (Å²) in [5, 5.41) is 11.8. The van der Waals surface area contributed by atoms with Gasteiger partial charge in [0.25, 0.3) is 5.91 Å². The molecular weight excluding hydrogens is 242 g/mol. The first-order valence-corrected chi connectivity index (χ1v) is 6.70. The molecule has 1 amide bonds. The number of amides is 1. The van der Waals surface area contributed by atoms with Crippen molar-refractivity contribution in [2.75, 3.05) is 0 Å². The highest BCUT2D eigenvalue weighted by Crippen LogP contribution is 2.23. The van der Waals surface area contributed by atoms with E-state index in [1.54, 1.807) is 12.1 Å². The van der Waals surface area contributed by atoms with Crippen molar-refractivity contribution in [1.82, 2.24) is 5.32 Å². The Morgan fingerprint density at radius 1 is 1.05 bits per heavy atom. The van der Waals surface area contributed by atoms with Crippen molar-refractivity contribution >= 4 is 11.9 Å². The molecule has 0 unspecified atom stereocenters. The van der Waals surface area contributed by atoms with E-state index < -0.39 is 5.97 Å². The Morgan fingerprint density at radius 3 is 2.11 bits per heavy atom. The maximum Gasteiger partial charge on any atom is 0.335 e. The summed E-state index contributed by atoms with van der Waals surface area (Å²) in [6, 6.07) is 6.29. The molecule has 1 fully saturated rings. The summed E-state index contributed by atoms with van der Waals surface area (Å²) in [7, 11) is 0. The number of hydrogen-bond donors (Lipinski definition) is 2. The van der Waals surface area contributed by atoms with Gasteiger partial charge >= 0.3 is 5.97 Å². The van der Waals surface area contributed by atoms with Crippen LogP contribution in [0.2, 0.25) is 0 Å². The quantitative estimate of drug-likeness (QED) is 0.879. The van der Waals surface area contributed by atoms with Crippen LogP contribution in [0.25, 0.3) is 0 Å². The molecule has 0 radical (unpaired) electrons. The highest BCUT2D eigenvalue weighted by atomic mass is 16.4. The zero-order valence-corrected chi connectivity index (χ0v) is 11.1. The van der Waals surface area contributed by atoms with Gasteiger partial charge in [0.15, 0.2) is 0 Å². The summed E-state index contributed by atoms with van der Waals surface area (Å²) in [6.45, 7) is 2.24. The number of nitrogens with one attached hydrogen (secondary N) is 1. The number of hydrogen-bond acceptors (Lipinski definition) is 2. The van der Waals surface area contributed by atoms with Gasteiger partial charge in [0, 0.05) is 11.6 Å². The molecular formula is C15H19NO3. The van der Waals surface area contributed by atoms with Crippen LogP contribution in [0.15, 0.2) is 24.3 Å². The molecule has 1 aliphatic rings. The fraction of sp³-hybridized carbons (Fsp3) is 0.467. The fourth-order valence-corrected chi connectivity index (χ4v) is 2.44. The predicted molar refractivity (Wildman–Crippen MR) is 72.3 cm³/mol. The number of aromatic carboxylic acids is 1. The molecule has 0 saturated heterocycles. The molecule has 1 aromatic carbocycles. The molecule has 1 saturated carbocycles. The topological polar surface area (TPSA) is 66.4 Å². The number of carbonyl (C=O) groups excluding carboxylic acids is 1. The van der Waals surface area contributed by atoms with Crippen LogP contribution in [0.5, 0.6) is 0 Å². The largest absolute Gasteiger partial charge is 0.478 e. The molecule has 4 heteroatoms. The Balaban J connectivity index is 1.94. The molecule has 2 rings (SSSR count). The fourth-order valence-electron chi connectivity index (χ4n) is 2.44. The van der Waals surface area contributed by atoms with Crippen molar-refractivity contribution in [3.05, 3.63) is 35.4 Å².